The van der Waals surface area contributed by atoms with Crippen LogP contribution in [0.3, 0.4) is 0 Å². The van der Waals surface area contributed by atoms with Gasteiger partial charge in [-0.2, -0.15) is 13.2 Å². The van der Waals surface area contributed by atoms with Gasteiger partial charge in [-0.15, -0.1) is 0 Å². The van der Waals surface area contributed by atoms with Crippen LogP contribution in [0.2, 0.25) is 0 Å². The highest BCUT2D eigenvalue weighted by Gasteiger charge is 2.30. The molecule has 0 spiro atoms. The molecule has 5 nitrogen and oxygen atoms in total. The summed E-state index contributed by atoms with van der Waals surface area (Å²) in [6.45, 7) is 3.04. The molecule has 3 N–H and O–H groups in total. The zero-order valence-corrected chi connectivity index (χ0v) is 15.5. The van der Waals surface area contributed by atoms with Crippen LogP contribution < -0.4 is 16.0 Å². The van der Waals surface area contributed by atoms with E-state index >= 15 is 0 Å². The van der Waals surface area contributed by atoms with Gasteiger partial charge in [-0.3, -0.25) is 4.79 Å². The van der Waals surface area contributed by atoms with Crippen molar-refractivity contribution in [1.82, 2.24) is 16.0 Å². The lowest BCUT2D eigenvalue weighted by atomic mass is 10.1. The third-order valence-corrected chi connectivity index (χ3v) is 4.38. The van der Waals surface area contributed by atoms with Crippen molar-refractivity contribution < 1.29 is 18.0 Å². The number of benzene rings is 1. The minimum absolute atomic E-state index is 0.00290. The summed E-state index contributed by atoms with van der Waals surface area (Å²) < 4.78 is 38.3. The lowest BCUT2D eigenvalue weighted by Crippen LogP contribution is -2.40. The number of carbonyl (C=O) groups excluding carboxylic acids is 1. The molecular weight excluding hydrogens is 357 g/mol. The van der Waals surface area contributed by atoms with Gasteiger partial charge in [0.1, 0.15) is 0 Å². The van der Waals surface area contributed by atoms with Crippen LogP contribution in [0, 0.1) is 0 Å². The second-order valence-electron chi connectivity index (χ2n) is 6.62. The summed E-state index contributed by atoms with van der Waals surface area (Å²) in [7, 11) is 0. The Labute approximate surface area is 157 Å². The molecule has 1 aromatic rings. The first-order valence-corrected chi connectivity index (χ1v) is 9.36. The molecule has 0 saturated heterocycles. The van der Waals surface area contributed by atoms with Gasteiger partial charge in [0.05, 0.1) is 12.1 Å². The van der Waals surface area contributed by atoms with Crippen molar-refractivity contribution in [3.8, 4) is 0 Å². The third kappa shape index (κ3) is 7.48. The summed E-state index contributed by atoms with van der Waals surface area (Å²) in [4.78, 5) is 16.2. The van der Waals surface area contributed by atoms with Gasteiger partial charge in [0.15, 0.2) is 5.96 Å². The molecule has 27 heavy (non-hydrogen) atoms. The molecule has 0 aliphatic heterocycles. The Morgan fingerprint density at radius 2 is 1.96 bits per heavy atom. The van der Waals surface area contributed by atoms with Crippen LogP contribution in [0.5, 0.6) is 0 Å². The Morgan fingerprint density at radius 3 is 2.63 bits per heavy atom. The minimum Gasteiger partial charge on any atom is -0.357 e. The van der Waals surface area contributed by atoms with Gasteiger partial charge >= 0.3 is 6.18 Å². The first-order chi connectivity index (χ1) is 12.9. The number of hydrogen-bond acceptors (Lipinski definition) is 2. The number of nitrogens with one attached hydrogen (secondary N) is 3. The maximum absolute atomic E-state index is 12.8. The maximum Gasteiger partial charge on any atom is 0.416 e. The molecular formula is C19H27F3N4O. The van der Waals surface area contributed by atoms with E-state index < -0.39 is 11.7 Å². The number of hydrogen-bond donors (Lipinski definition) is 3. The van der Waals surface area contributed by atoms with Crippen LogP contribution >= 0.6 is 0 Å². The molecule has 1 amide bonds. The van der Waals surface area contributed by atoms with E-state index in [4.69, 9.17) is 0 Å². The number of guanidine groups is 1. The Balaban J connectivity index is 1.83. The van der Waals surface area contributed by atoms with E-state index in [2.05, 4.69) is 20.9 Å². The second-order valence-corrected chi connectivity index (χ2v) is 6.62. The summed E-state index contributed by atoms with van der Waals surface area (Å²) in [6.07, 6.45) is 0.367. The van der Waals surface area contributed by atoms with E-state index in [-0.39, 0.29) is 12.5 Å². The predicted octanol–water partition coefficient (Wildman–Crippen LogP) is 3.21. The summed E-state index contributed by atoms with van der Waals surface area (Å²) in [5, 5.41) is 9.09. The molecule has 0 radical (unpaired) electrons. The highest BCUT2D eigenvalue weighted by molar-refractivity contribution is 5.81. The van der Waals surface area contributed by atoms with Crippen LogP contribution in [0.1, 0.15) is 50.2 Å². The average Bonchev–Trinajstić information content (AvgIpc) is 3.12. The largest absolute Gasteiger partial charge is 0.416 e. The first-order valence-electron chi connectivity index (χ1n) is 9.36. The fourth-order valence-corrected chi connectivity index (χ4v) is 3.02. The second kappa shape index (κ2) is 10.2. The highest BCUT2D eigenvalue weighted by atomic mass is 19.4. The van der Waals surface area contributed by atoms with Crippen LogP contribution in [0.4, 0.5) is 13.2 Å². The fourth-order valence-electron chi connectivity index (χ4n) is 3.02. The average molecular weight is 384 g/mol. The molecule has 1 aliphatic rings. The zero-order chi connectivity index (χ0) is 19.7. The number of aliphatic imine (C=N–C) groups is 1. The van der Waals surface area contributed by atoms with E-state index in [9.17, 15) is 18.0 Å². The van der Waals surface area contributed by atoms with Crippen molar-refractivity contribution in [3.63, 3.8) is 0 Å². The first kappa shape index (κ1) is 21.1. The van der Waals surface area contributed by atoms with Gasteiger partial charge in [-0.25, -0.2) is 4.99 Å². The number of carbonyl (C=O) groups is 1. The van der Waals surface area contributed by atoms with Crippen LogP contribution in [-0.4, -0.2) is 31.0 Å². The number of halogens is 3. The van der Waals surface area contributed by atoms with E-state index in [1.165, 1.54) is 6.07 Å². The van der Waals surface area contributed by atoms with E-state index in [1.807, 2.05) is 6.92 Å². The molecule has 0 aromatic heterocycles. The molecule has 2 rings (SSSR count). The smallest absolute Gasteiger partial charge is 0.357 e. The normalized spacial score (nSPS) is 15.6. The van der Waals surface area contributed by atoms with Gasteiger partial charge in [-0.1, -0.05) is 25.0 Å². The SMILES string of the molecule is CCNC(=NCc1cccc(C(F)(F)F)c1)NCCC(=O)NC1CCCC1. The number of nitrogens with zero attached hydrogens (tertiary/aromatic N) is 1. The summed E-state index contributed by atoms with van der Waals surface area (Å²) in [6, 6.07) is 5.42. The molecule has 0 bridgehead atoms. The quantitative estimate of drug-likeness (QED) is 0.500. The topological polar surface area (TPSA) is 65.5 Å². The molecule has 150 valence electrons. The molecule has 0 unspecified atom stereocenters. The molecule has 8 heteroatoms. The van der Waals surface area contributed by atoms with Crippen molar-refractivity contribution >= 4 is 11.9 Å². The molecule has 1 aliphatic carbocycles. The van der Waals surface area contributed by atoms with Gasteiger partial charge in [0.2, 0.25) is 5.91 Å². The van der Waals surface area contributed by atoms with Crippen molar-refractivity contribution in [2.45, 2.75) is 57.8 Å². The molecule has 1 saturated carbocycles. The molecule has 0 heterocycles. The van der Waals surface area contributed by atoms with Gasteiger partial charge in [0.25, 0.3) is 0 Å². The van der Waals surface area contributed by atoms with Crippen LogP contribution in [0.15, 0.2) is 29.3 Å². The van der Waals surface area contributed by atoms with Crippen LogP contribution in [0.25, 0.3) is 0 Å². The summed E-state index contributed by atoms with van der Waals surface area (Å²) in [5.41, 5.74) is -0.210. The zero-order valence-electron chi connectivity index (χ0n) is 15.5. The molecule has 0 atom stereocenters. The Hall–Kier alpha value is -2.25. The van der Waals surface area contributed by atoms with Gasteiger partial charge < -0.3 is 16.0 Å². The van der Waals surface area contributed by atoms with Crippen LogP contribution in [-0.2, 0) is 17.5 Å². The third-order valence-electron chi connectivity index (χ3n) is 4.38. The number of rotatable bonds is 7. The van der Waals surface area contributed by atoms with Gasteiger partial charge in [-0.05, 0) is 37.5 Å². The molecule has 1 aromatic carbocycles. The number of alkyl halides is 3. The minimum atomic E-state index is -4.37. The predicted molar refractivity (Wildman–Crippen MR) is 99.3 cm³/mol. The monoisotopic (exact) mass is 384 g/mol. The lowest BCUT2D eigenvalue weighted by molar-refractivity contribution is -0.137. The van der Waals surface area contributed by atoms with Gasteiger partial charge in [0, 0.05) is 25.6 Å². The van der Waals surface area contributed by atoms with Crippen molar-refractivity contribution in [3.05, 3.63) is 35.4 Å². The standard InChI is InChI=1S/C19H27F3N4O/c1-2-23-18(24-11-10-17(27)26-16-8-3-4-9-16)25-13-14-6-5-7-15(12-14)19(20,21)22/h5-7,12,16H,2-4,8-11,13H2,1H3,(H,26,27)(H2,23,24,25). The summed E-state index contributed by atoms with van der Waals surface area (Å²) in [5.74, 6) is 0.478. The summed E-state index contributed by atoms with van der Waals surface area (Å²) >= 11 is 0. The highest BCUT2D eigenvalue weighted by Crippen LogP contribution is 2.29. The fraction of sp³-hybridized carbons (Fsp3) is 0.579. The lowest BCUT2D eigenvalue weighted by Gasteiger charge is -2.14. The van der Waals surface area contributed by atoms with E-state index in [0.717, 1.165) is 37.8 Å². The Bertz CT molecular complexity index is 640. The van der Waals surface area contributed by atoms with Crippen molar-refractivity contribution in [1.29, 1.82) is 0 Å². The Morgan fingerprint density at radius 1 is 1.22 bits per heavy atom. The van der Waals surface area contributed by atoms with E-state index in [1.54, 1.807) is 6.07 Å². The number of amides is 1. The van der Waals surface area contributed by atoms with Crippen molar-refractivity contribution in [2.24, 2.45) is 4.99 Å². The molecule has 1 fully saturated rings. The Kier molecular flexibility index (Phi) is 7.94. The maximum atomic E-state index is 12.8. The van der Waals surface area contributed by atoms with Crippen molar-refractivity contribution in [2.75, 3.05) is 13.1 Å². The van der Waals surface area contributed by atoms with E-state index in [0.29, 0.717) is 37.1 Å².